The number of likely N-dealkylation sites (tertiary alicyclic amines) is 1. The van der Waals surface area contributed by atoms with Gasteiger partial charge in [0.25, 0.3) is 0 Å². The van der Waals surface area contributed by atoms with Gasteiger partial charge in [0.2, 0.25) is 15.9 Å². The minimum atomic E-state index is -3.72. The summed E-state index contributed by atoms with van der Waals surface area (Å²) in [7, 11) is -3.72. The van der Waals surface area contributed by atoms with Crippen molar-refractivity contribution in [2.45, 2.75) is 42.7 Å². The summed E-state index contributed by atoms with van der Waals surface area (Å²) in [5.41, 5.74) is 0. The molecule has 1 aromatic carbocycles. The Labute approximate surface area is 141 Å². The summed E-state index contributed by atoms with van der Waals surface area (Å²) >= 11 is 0. The molecule has 0 bridgehead atoms. The number of nitrogens with zero attached hydrogens (tertiary/aromatic N) is 1. The van der Waals surface area contributed by atoms with Crippen LogP contribution in [0.15, 0.2) is 29.2 Å². The first kappa shape index (κ1) is 17.3. The van der Waals surface area contributed by atoms with E-state index >= 15 is 0 Å². The molecule has 1 saturated carbocycles. The van der Waals surface area contributed by atoms with Crippen molar-refractivity contribution in [1.29, 1.82) is 0 Å². The van der Waals surface area contributed by atoms with E-state index in [1.165, 1.54) is 25.0 Å². The maximum atomic E-state index is 12.8. The van der Waals surface area contributed by atoms with Crippen LogP contribution in [0.3, 0.4) is 0 Å². The van der Waals surface area contributed by atoms with Crippen molar-refractivity contribution in [3.8, 4) is 0 Å². The van der Waals surface area contributed by atoms with Crippen LogP contribution in [0.25, 0.3) is 0 Å². The van der Waals surface area contributed by atoms with E-state index in [4.69, 9.17) is 0 Å². The minimum absolute atomic E-state index is 0.0137. The van der Waals surface area contributed by atoms with Crippen LogP contribution in [-0.4, -0.2) is 50.9 Å². The van der Waals surface area contributed by atoms with E-state index < -0.39 is 15.8 Å². The normalized spacial score (nSPS) is 21.8. The van der Waals surface area contributed by atoms with Gasteiger partial charge in [-0.1, -0.05) is 0 Å². The molecule has 1 heterocycles. The summed E-state index contributed by atoms with van der Waals surface area (Å²) in [4.78, 5) is 14.3. The zero-order valence-corrected chi connectivity index (χ0v) is 14.2. The smallest absolute Gasteiger partial charge is 0.240 e. The summed E-state index contributed by atoms with van der Waals surface area (Å²) in [6.45, 7) is 1.93. The molecule has 1 amide bonds. The zero-order valence-electron chi connectivity index (χ0n) is 13.4. The van der Waals surface area contributed by atoms with Crippen molar-refractivity contribution in [2.75, 3.05) is 19.6 Å². The van der Waals surface area contributed by atoms with Crippen LogP contribution in [-0.2, 0) is 14.8 Å². The number of carbonyl (C=O) groups is 1. The van der Waals surface area contributed by atoms with Gasteiger partial charge in [0.15, 0.2) is 0 Å². The first-order valence-corrected chi connectivity index (χ1v) is 9.71. The monoisotopic (exact) mass is 355 g/mol. The van der Waals surface area contributed by atoms with Crippen molar-refractivity contribution in [3.05, 3.63) is 30.1 Å². The van der Waals surface area contributed by atoms with E-state index in [9.17, 15) is 17.6 Å². The SMILES string of the molecule is O=C(CCNS(=O)(=O)c1ccc(F)cc1)NC1CCN(C2CC2)C1. The van der Waals surface area contributed by atoms with Crippen molar-refractivity contribution >= 4 is 15.9 Å². The van der Waals surface area contributed by atoms with Gasteiger partial charge in [-0.05, 0) is 43.5 Å². The number of halogens is 1. The third-order valence-corrected chi connectivity index (χ3v) is 5.89. The summed E-state index contributed by atoms with van der Waals surface area (Å²) < 4.78 is 39.2. The van der Waals surface area contributed by atoms with Gasteiger partial charge in [-0.15, -0.1) is 0 Å². The van der Waals surface area contributed by atoms with Crippen molar-refractivity contribution in [2.24, 2.45) is 0 Å². The van der Waals surface area contributed by atoms with Gasteiger partial charge in [-0.3, -0.25) is 9.69 Å². The van der Waals surface area contributed by atoms with Gasteiger partial charge in [-0.2, -0.15) is 0 Å². The molecule has 1 aromatic rings. The fourth-order valence-corrected chi connectivity index (χ4v) is 4.00. The number of sulfonamides is 1. The Morgan fingerprint density at radius 3 is 2.58 bits per heavy atom. The van der Waals surface area contributed by atoms with Crippen LogP contribution >= 0.6 is 0 Å². The van der Waals surface area contributed by atoms with Gasteiger partial charge >= 0.3 is 0 Å². The fourth-order valence-electron chi connectivity index (χ4n) is 2.97. The Bertz CT molecular complexity index is 689. The van der Waals surface area contributed by atoms with Crippen molar-refractivity contribution in [3.63, 3.8) is 0 Å². The molecule has 0 radical (unpaired) electrons. The Kier molecular flexibility index (Phi) is 5.17. The van der Waals surface area contributed by atoms with Crippen LogP contribution in [0, 0.1) is 5.82 Å². The largest absolute Gasteiger partial charge is 0.352 e. The number of benzene rings is 1. The molecule has 8 heteroatoms. The third-order valence-electron chi connectivity index (χ3n) is 4.42. The molecule has 132 valence electrons. The lowest BCUT2D eigenvalue weighted by atomic mass is 10.2. The molecule has 1 atom stereocenters. The van der Waals surface area contributed by atoms with E-state index in [1.807, 2.05) is 0 Å². The number of carbonyl (C=O) groups excluding carboxylic acids is 1. The van der Waals surface area contributed by atoms with Gasteiger partial charge in [0.05, 0.1) is 4.90 Å². The average Bonchev–Trinajstić information content (AvgIpc) is 3.28. The minimum Gasteiger partial charge on any atom is -0.352 e. The molecule has 1 aliphatic heterocycles. The molecule has 2 fully saturated rings. The number of nitrogens with one attached hydrogen (secondary N) is 2. The highest BCUT2D eigenvalue weighted by Crippen LogP contribution is 2.29. The maximum absolute atomic E-state index is 12.8. The van der Waals surface area contributed by atoms with Crippen molar-refractivity contribution in [1.82, 2.24) is 14.9 Å². The van der Waals surface area contributed by atoms with E-state index in [1.54, 1.807) is 0 Å². The Morgan fingerprint density at radius 2 is 1.92 bits per heavy atom. The summed E-state index contributed by atoms with van der Waals surface area (Å²) in [5, 5.41) is 2.96. The number of amides is 1. The first-order chi connectivity index (χ1) is 11.4. The second kappa shape index (κ2) is 7.16. The topological polar surface area (TPSA) is 78.5 Å². The van der Waals surface area contributed by atoms with Crippen LogP contribution < -0.4 is 10.0 Å². The summed E-state index contributed by atoms with van der Waals surface area (Å²) in [6, 6.07) is 5.44. The van der Waals surface area contributed by atoms with E-state index in [-0.39, 0.29) is 29.8 Å². The maximum Gasteiger partial charge on any atom is 0.240 e. The van der Waals surface area contributed by atoms with Crippen LogP contribution in [0.1, 0.15) is 25.7 Å². The predicted molar refractivity (Wildman–Crippen MR) is 87.3 cm³/mol. The quantitative estimate of drug-likeness (QED) is 0.760. The van der Waals surface area contributed by atoms with Crippen LogP contribution in [0.5, 0.6) is 0 Å². The second-order valence-electron chi connectivity index (χ2n) is 6.38. The fraction of sp³-hybridized carbons (Fsp3) is 0.562. The number of hydrogen-bond acceptors (Lipinski definition) is 4. The molecular weight excluding hydrogens is 333 g/mol. The van der Waals surface area contributed by atoms with Gasteiger partial charge < -0.3 is 5.32 Å². The standard InChI is InChI=1S/C16H22FN3O3S/c17-12-1-5-15(6-2-12)24(22,23)18-9-7-16(21)19-13-8-10-20(11-13)14-3-4-14/h1-2,5-6,13-14,18H,3-4,7-11H2,(H,19,21). The molecular formula is C16H22FN3O3S. The second-order valence-corrected chi connectivity index (χ2v) is 8.15. The highest BCUT2D eigenvalue weighted by Gasteiger charge is 2.34. The number of rotatable bonds is 7. The molecule has 3 rings (SSSR count). The molecule has 0 aromatic heterocycles. The van der Waals surface area contributed by atoms with E-state index in [0.717, 1.165) is 31.6 Å². The molecule has 2 N–H and O–H groups in total. The summed E-state index contributed by atoms with van der Waals surface area (Å²) in [5.74, 6) is -0.649. The molecule has 1 saturated heterocycles. The molecule has 2 aliphatic rings. The van der Waals surface area contributed by atoms with Gasteiger partial charge in [0.1, 0.15) is 5.82 Å². The molecule has 1 unspecified atom stereocenters. The predicted octanol–water partition coefficient (Wildman–Crippen LogP) is 0.847. The third kappa shape index (κ3) is 4.52. The zero-order chi connectivity index (χ0) is 17.2. The Morgan fingerprint density at radius 1 is 1.21 bits per heavy atom. The summed E-state index contributed by atoms with van der Waals surface area (Å²) in [6.07, 6.45) is 3.54. The Balaban J connectivity index is 1.40. The van der Waals surface area contributed by atoms with E-state index in [0.29, 0.717) is 6.04 Å². The van der Waals surface area contributed by atoms with Gasteiger partial charge in [-0.25, -0.2) is 17.5 Å². The Hall–Kier alpha value is -1.51. The van der Waals surface area contributed by atoms with Crippen LogP contribution in [0.4, 0.5) is 4.39 Å². The molecule has 6 nitrogen and oxygen atoms in total. The molecule has 24 heavy (non-hydrogen) atoms. The van der Waals surface area contributed by atoms with E-state index in [2.05, 4.69) is 14.9 Å². The highest BCUT2D eigenvalue weighted by molar-refractivity contribution is 7.89. The molecule has 1 aliphatic carbocycles. The lowest BCUT2D eigenvalue weighted by Crippen LogP contribution is -2.39. The molecule has 0 spiro atoms. The lowest BCUT2D eigenvalue weighted by Gasteiger charge is -2.15. The van der Waals surface area contributed by atoms with Gasteiger partial charge in [0, 0.05) is 38.1 Å². The lowest BCUT2D eigenvalue weighted by molar-refractivity contribution is -0.121. The van der Waals surface area contributed by atoms with Crippen LogP contribution in [0.2, 0.25) is 0 Å². The first-order valence-electron chi connectivity index (χ1n) is 8.23. The number of hydrogen-bond donors (Lipinski definition) is 2. The van der Waals surface area contributed by atoms with Crippen molar-refractivity contribution < 1.29 is 17.6 Å². The highest BCUT2D eigenvalue weighted by atomic mass is 32.2. The average molecular weight is 355 g/mol.